The van der Waals surface area contributed by atoms with Crippen LogP contribution in [0.4, 0.5) is 0 Å². The largest absolute Gasteiger partial charge is 0.459 e. The summed E-state index contributed by atoms with van der Waals surface area (Å²) in [6.07, 6.45) is 4.79. The molecule has 0 aliphatic carbocycles. The molecule has 0 saturated carbocycles. The molecule has 5 heteroatoms. The quantitative estimate of drug-likeness (QED) is 0.300. The molecule has 25 heavy (non-hydrogen) atoms. The zero-order valence-corrected chi connectivity index (χ0v) is 19.3. The van der Waals surface area contributed by atoms with E-state index >= 15 is 0 Å². The summed E-state index contributed by atoms with van der Waals surface area (Å²) in [5.74, 6) is -0.278. The Labute approximate surface area is 156 Å². The Kier molecular flexibility index (Phi) is 9.06. The molecule has 0 bridgehead atoms. The minimum Gasteiger partial charge on any atom is -0.459 e. The lowest BCUT2D eigenvalue weighted by Crippen LogP contribution is -2.44. The Morgan fingerprint density at radius 3 is 1.96 bits per heavy atom. The number of esters is 1. The molecule has 0 aromatic rings. The zero-order valence-electron chi connectivity index (χ0n) is 18.3. The van der Waals surface area contributed by atoms with E-state index in [1.807, 2.05) is 27.0 Å². The Hall–Kier alpha value is -0.683. The summed E-state index contributed by atoms with van der Waals surface area (Å²) in [6.45, 7) is 22.2. The second kappa shape index (κ2) is 9.31. The van der Waals surface area contributed by atoms with E-state index in [0.717, 1.165) is 25.9 Å². The molecule has 4 nitrogen and oxygen atoms in total. The molecule has 0 aromatic carbocycles. The van der Waals surface area contributed by atoms with Crippen molar-refractivity contribution in [2.24, 2.45) is 10.4 Å². The number of rotatable bonds is 9. The lowest BCUT2D eigenvalue weighted by molar-refractivity contribution is -0.152. The van der Waals surface area contributed by atoms with Gasteiger partial charge in [0.2, 0.25) is 0 Å². The minimum atomic E-state index is -1.76. The van der Waals surface area contributed by atoms with Crippen LogP contribution in [0.15, 0.2) is 4.99 Å². The topological polar surface area (TPSA) is 47.9 Å². The molecule has 0 saturated heterocycles. The zero-order chi connectivity index (χ0) is 19.9. The van der Waals surface area contributed by atoms with Gasteiger partial charge >= 0.3 is 5.97 Å². The third kappa shape index (κ3) is 9.00. The first-order valence-electron chi connectivity index (χ1n) is 9.52. The first-order valence-corrected chi connectivity index (χ1v) is 12.4. The molecule has 148 valence electrons. The van der Waals surface area contributed by atoms with Crippen LogP contribution in [-0.4, -0.2) is 39.3 Å². The maximum atomic E-state index is 11.7. The highest BCUT2D eigenvalue weighted by atomic mass is 28.4. The molecular weight excluding hydrogens is 330 g/mol. The fourth-order valence-electron chi connectivity index (χ4n) is 2.12. The Morgan fingerprint density at radius 1 is 1.04 bits per heavy atom. The van der Waals surface area contributed by atoms with Crippen LogP contribution in [0.25, 0.3) is 0 Å². The predicted molar refractivity (Wildman–Crippen MR) is 110 cm³/mol. The van der Waals surface area contributed by atoms with Gasteiger partial charge < -0.3 is 9.16 Å². The normalized spacial score (nSPS) is 14.2. The summed E-state index contributed by atoms with van der Waals surface area (Å²) in [5, 5.41) is 0.213. The summed E-state index contributed by atoms with van der Waals surface area (Å²) >= 11 is 0. The molecule has 0 spiro atoms. The third-order valence-corrected chi connectivity index (χ3v) is 9.82. The summed E-state index contributed by atoms with van der Waals surface area (Å²) in [7, 11) is -1.76. The van der Waals surface area contributed by atoms with Crippen molar-refractivity contribution in [3.8, 4) is 0 Å². The van der Waals surface area contributed by atoms with Crippen molar-refractivity contribution in [1.29, 1.82) is 0 Å². The highest BCUT2D eigenvalue weighted by Crippen LogP contribution is 2.39. The van der Waals surface area contributed by atoms with Gasteiger partial charge in [-0.15, -0.1) is 0 Å². The van der Waals surface area contributed by atoms with Gasteiger partial charge in [-0.1, -0.05) is 34.6 Å². The molecule has 0 amide bonds. The molecule has 0 N–H and O–H groups in total. The number of nitrogens with zero attached hydrogens (tertiary/aromatic N) is 1. The second-order valence-electron chi connectivity index (χ2n) is 9.57. The molecule has 0 aromatic heterocycles. The number of ether oxygens (including phenoxy) is 1. The number of carbonyl (C=O) groups excluding carboxylic acids is 1. The van der Waals surface area contributed by atoms with Gasteiger partial charge in [0.15, 0.2) is 8.32 Å². The van der Waals surface area contributed by atoms with Crippen LogP contribution in [0.1, 0.15) is 74.7 Å². The van der Waals surface area contributed by atoms with E-state index in [2.05, 4.69) is 52.7 Å². The maximum Gasteiger partial charge on any atom is 0.328 e. The predicted octanol–water partition coefficient (Wildman–Crippen LogP) is 5.62. The first-order chi connectivity index (χ1) is 11.2. The van der Waals surface area contributed by atoms with Crippen LogP contribution < -0.4 is 0 Å². The van der Waals surface area contributed by atoms with Crippen LogP contribution >= 0.6 is 0 Å². The molecule has 0 rings (SSSR count). The van der Waals surface area contributed by atoms with Gasteiger partial charge in [0.25, 0.3) is 0 Å². The van der Waals surface area contributed by atoms with Crippen molar-refractivity contribution in [2.45, 2.75) is 98.4 Å². The second-order valence-corrected chi connectivity index (χ2v) is 14.4. The van der Waals surface area contributed by atoms with Gasteiger partial charge in [-0.3, -0.25) is 9.79 Å². The summed E-state index contributed by atoms with van der Waals surface area (Å²) in [6, 6.07) is 0. The molecule has 0 aliphatic rings. The summed E-state index contributed by atoms with van der Waals surface area (Å²) in [5.41, 5.74) is -0.368. The van der Waals surface area contributed by atoms with E-state index in [1.54, 1.807) is 0 Å². The van der Waals surface area contributed by atoms with E-state index in [9.17, 15) is 4.79 Å². The SMILES string of the molecule is CCC(CC)(C/C=N/CC(=O)OC(C)(C)C)CO[Si](C)(C)C(C)(C)C. The lowest BCUT2D eigenvalue weighted by Gasteiger charge is -2.40. The van der Waals surface area contributed by atoms with Gasteiger partial charge in [-0.2, -0.15) is 0 Å². The number of hydrogen-bond acceptors (Lipinski definition) is 4. The van der Waals surface area contributed by atoms with Crippen LogP contribution in [0.2, 0.25) is 18.1 Å². The van der Waals surface area contributed by atoms with Crippen molar-refractivity contribution in [1.82, 2.24) is 0 Å². The lowest BCUT2D eigenvalue weighted by atomic mass is 9.80. The average Bonchev–Trinajstić information content (AvgIpc) is 2.44. The van der Waals surface area contributed by atoms with E-state index in [4.69, 9.17) is 9.16 Å². The van der Waals surface area contributed by atoms with E-state index in [0.29, 0.717) is 0 Å². The first kappa shape index (κ1) is 24.3. The molecule has 0 fully saturated rings. The molecule has 0 atom stereocenters. The fraction of sp³-hybridized carbons (Fsp3) is 0.900. The monoisotopic (exact) mass is 371 g/mol. The van der Waals surface area contributed by atoms with Crippen LogP contribution in [0.3, 0.4) is 0 Å². The Bertz CT molecular complexity index is 441. The van der Waals surface area contributed by atoms with Gasteiger partial charge in [-0.25, -0.2) is 0 Å². The Morgan fingerprint density at radius 2 is 1.56 bits per heavy atom. The van der Waals surface area contributed by atoms with Crippen molar-refractivity contribution in [3.05, 3.63) is 0 Å². The summed E-state index contributed by atoms with van der Waals surface area (Å²) in [4.78, 5) is 16.0. The van der Waals surface area contributed by atoms with Gasteiger partial charge in [0, 0.05) is 12.8 Å². The average molecular weight is 372 g/mol. The summed E-state index contributed by atoms with van der Waals surface area (Å²) < 4.78 is 11.8. The van der Waals surface area contributed by atoms with Crippen molar-refractivity contribution < 1.29 is 14.0 Å². The standard InChI is InChI=1S/C20H41NO3Si/c1-11-20(12-2,16-23-25(9,10)19(6,7)8)13-14-21-15-17(22)24-18(3,4)5/h14H,11-13,15-16H2,1-10H3/b21-14+. The van der Waals surface area contributed by atoms with E-state index in [1.165, 1.54) is 0 Å². The molecule has 0 heterocycles. The molecule has 0 unspecified atom stereocenters. The smallest absolute Gasteiger partial charge is 0.328 e. The van der Waals surface area contributed by atoms with Crippen molar-refractivity contribution in [3.63, 3.8) is 0 Å². The van der Waals surface area contributed by atoms with Crippen LogP contribution in [0, 0.1) is 5.41 Å². The number of hydrogen-bond donors (Lipinski definition) is 0. The number of carbonyl (C=O) groups is 1. The van der Waals surface area contributed by atoms with E-state index < -0.39 is 13.9 Å². The fourth-order valence-corrected chi connectivity index (χ4v) is 3.22. The number of aliphatic imine (C=N–C) groups is 1. The highest BCUT2D eigenvalue weighted by molar-refractivity contribution is 6.74. The van der Waals surface area contributed by atoms with Crippen molar-refractivity contribution >= 4 is 20.5 Å². The molecular formula is C20H41NO3Si. The van der Waals surface area contributed by atoms with Crippen molar-refractivity contribution in [2.75, 3.05) is 13.2 Å². The van der Waals surface area contributed by atoms with Gasteiger partial charge in [-0.05, 0) is 63.6 Å². The Balaban J connectivity index is 4.73. The maximum absolute atomic E-state index is 11.7. The third-order valence-electron chi connectivity index (χ3n) is 5.34. The minimum absolute atomic E-state index is 0.0872. The van der Waals surface area contributed by atoms with Gasteiger partial charge in [0.1, 0.15) is 12.1 Å². The molecule has 0 radical (unpaired) electrons. The highest BCUT2D eigenvalue weighted by Gasteiger charge is 2.39. The molecule has 0 aliphatic heterocycles. The van der Waals surface area contributed by atoms with Gasteiger partial charge in [0.05, 0.1) is 0 Å². The van der Waals surface area contributed by atoms with E-state index in [-0.39, 0.29) is 23.0 Å². The van der Waals surface area contributed by atoms with Crippen LogP contribution in [-0.2, 0) is 14.0 Å². The van der Waals surface area contributed by atoms with Crippen LogP contribution in [0.5, 0.6) is 0 Å².